The van der Waals surface area contributed by atoms with Crippen molar-refractivity contribution in [3.05, 3.63) is 52.5 Å². The average Bonchev–Trinajstić information content (AvgIpc) is 3.23. The largest absolute Gasteiger partial charge is 0.426 e. The van der Waals surface area contributed by atoms with Gasteiger partial charge in [-0.1, -0.05) is 35.0 Å². The fourth-order valence-electron chi connectivity index (χ4n) is 4.62. The van der Waals surface area contributed by atoms with Gasteiger partial charge in [0, 0.05) is 52.2 Å². The monoisotopic (exact) mass is 442 g/mol. The summed E-state index contributed by atoms with van der Waals surface area (Å²) in [6, 6.07) is 10.4. The molecule has 0 radical (unpaired) electrons. The Balaban J connectivity index is 1.18. The lowest BCUT2D eigenvalue weighted by atomic mass is 9.93. The lowest BCUT2D eigenvalue weighted by Gasteiger charge is -2.35. The van der Waals surface area contributed by atoms with Crippen molar-refractivity contribution in [1.29, 1.82) is 0 Å². The molecule has 0 spiro atoms. The SMILES string of the molecule is O=C(CC[C@@H]1CCCN(C(=O)C[n+]2cc(=O)o[nH]2)C1)N1CCN(Cc2ccccc2)CC1. The van der Waals surface area contributed by atoms with E-state index < -0.39 is 5.63 Å². The van der Waals surface area contributed by atoms with Crippen LogP contribution in [0.15, 0.2) is 45.8 Å². The molecule has 172 valence electrons. The van der Waals surface area contributed by atoms with E-state index >= 15 is 0 Å². The van der Waals surface area contributed by atoms with E-state index in [0.29, 0.717) is 18.9 Å². The van der Waals surface area contributed by atoms with E-state index in [1.54, 1.807) is 0 Å². The zero-order chi connectivity index (χ0) is 22.3. The van der Waals surface area contributed by atoms with E-state index in [1.807, 2.05) is 15.9 Å². The number of aromatic amines is 1. The van der Waals surface area contributed by atoms with E-state index in [9.17, 15) is 14.4 Å². The first-order valence-corrected chi connectivity index (χ1v) is 11.5. The first-order valence-electron chi connectivity index (χ1n) is 11.5. The van der Waals surface area contributed by atoms with E-state index in [2.05, 4.69) is 39.0 Å². The highest BCUT2D eigenvalue weighted by atomic mass is 16.5. The van der Waals surface area contributed by atoms with E-state index in [4.69, 9.17) is 0 Å². The third-order valence-electron chi connectivity index (χ3n) is 6.44. The number of carbonyl (C=O) groups is 2. The van der Waals surface area contributed by atoms with Gasteiger partial charge in [-0.25, -0.2) is 4.79 Å². The summed E-state index contributed by atoms with van der Waals surface area (Å²) in [7, 11) is 0. The van der Waals surface area contributed by atoms with Gasteiger partial charge in [0.25, 0.3) is 18.6 Å². The van der Waals surface area contributed by atoms with Gasteiger partial charge >= 0.3 is 5.63 Å². The van der Waals surface area contributed by atoms with Crippen LogP contribution in [0.2, 0.25) is 0 Å². The Bertz CT molecular complexity index is 949. The summed E-state index contributed by atoms with van der Waals surface area (Å²) < 4.78 is 5.96. The third kappa shape index (κ3) is 6.06. The van der Waals surface area contributed by atoms with E-state index in [1.165, 1.54) is 16.4 Å². The zero-order valence-electron chi connectivity index (χ0n) is 18.4. The van der Waals surface area contributed by atoms with Gasteiger partial charge in [-0.2, -0.15) is 0 Å². The lowest BCUT2D eigenvalue weighted by molar-refractivity contribution is -0.751. The van der Waals surface area contributed by atoms with Crippen LogP contribution in [0.25, 0.3) is 0 Å². The van der Waals surface area contributed by atoms with Crippen molar-refractivity contribution in [2.45, 2.75) is 38.8 Å². The highest BCUT2D eigenvalue weighted by molar-refractivity contribution is 5.76. The molecule has 1 aromatic carbocycles. The Morgan fingerprint density at radius 2 is 1.81 bits per heavy atom. The maximum Gasteiger partial charge on any atom is 0.426 e. The zero-order valence-corrected chi connectivity index (χ0v) is 18.4. The number of aromatic nitrogens is 2. The maximum absolute atomic E-state index is 12.7. The van der Waals surface area contributed by atoms with Crippen LogP contribution in [-0.2, 0) is 22.7 Å². The Kier molecular flexibility index (Phi) is 7.36. The number of rotatable bonds is 7. The second-order valence-electron chi connectivity index (χ2n) is 8.80. The number of piperazine rings is 1. The molecule has 4 rings (SSSR count). The standard InChI is InChI=1S/C23H31N5O4/c29-21(26-13-11-25(12-14-26)15-19-5-2-1-3-6-19)9-8-20-7-4-10-27(16-20)22(30)17-28-18-23(31)32-24-28/h1-3,5-6,18,20H,4,7-17H2/p+1/t20-/m0/s1. The molecular weight excluding hydrogens is 410 g/mol. The second kappa shape index (κ2) is 10.6. The van der Waals surface area contributed by atoms with Crippen LogP contribution in [0, 0.1) is 5.92 Å². The Hall–Kier alpha value is -2.94. The van der Waals surface area contributed by atoms with E-state index in [-0.39, 0.29) is 18.4 Å². The number of carbonyl (C=O) groups excluding carboxylic acids is 2. The fraction of sp³-hybridized carbons (Fsp3) is 0.565. The van der Waals surface area contributed by atoms with Crippen LogP contribution in [0.4, 0.5) is 0 Å². The van der Waals surface area contributed by atoms with Crippen molar-refractivity contribution in [2.24, 2.45) is 5.92 Å². The number of hydrogen-bond donors (Lipinski definition) is 1. The van der Waals surface area contributed by atoms with Crippen LogP contribution >= 0.6 is 0 Å². The van der Waals surface area contributed by atoms with Gasteiger partial charge in [-0.3, -0.25) is 19.0 Å². The number of nitrogens with zero attached hydrogens (tertiary/aromatic N) is 4. The molecule has 0 saturated carbocycles. The van der Waals surface area contributed by atoms with Gasteiger partial charge in [-0.05, 0) is 36.0 Å². The number of hydrogen-bond acceptors (Lipinski definition) is 5. The summed E-state index contributed by atoms with van der Waals surface area (Å²) in [6.45, 7) is 5.74. The molecular formula is C23H32N5O4+. The van der Waals surface area contributed by atoms with Crippen molar-refractivity contribution in [2.75, 3.05) is 39.3 Å². The van der Waals surface area contributed by atoms with Gasteiger partial charge in [0.05, 0.1) is 0 Å². The summed E-state index contributed by atoms with van der Waals surface area (Å²) in [4.78, 5) is 42.6. The van der Waals surface area contributed by atoms with Crippen molar-refractivity contribution < 1.29 is 18.8 Å². The Morgan fingerprint density at radius 1 is 1.03 bits per heavy atom. The van der Waals surface area contributed by atoms with Crippen LogP contribution in [-0.4, -0.2) is 71.1 Å². The van der Waals surface area contributed by atoms with Crippen LogP contribution in [0.3, 0.4) is 0 Å². The van der Waals surface area contributed by atoms with Crippen LogP contribution in [0.5, 0.6) is 0 Å². The molecule has 1 aromatic heterocycles. The number of benzene rings is 1. The molecule has 3 heterocycles. The Morgan fingerprint density at radius 3 is 2.53 bits per heavy atom. The first-order chi connectivity index (χ1) is 15.6. The summed E-state index contributed by atoms with van der Waals surface area (Å²) in [5.41, 5.74) is 0.801. The molecule has 0 unspecified atom stereocenters. The smallest absolute Gasteiger partial charge is 0.340 e. The van der Waals surface area contributed by atoms with Gasteiger partial charge in [0.2, 0.25) is 5.91 Å². The predicted octanol–water partition coefficient (Wildman–Crippen LogP) is 0.619. The summed E-state index contributed by atoms with van der Waals surface area (Å²) in [5.74, 6) is 0.515. The molecule has 0 bridgehead atoms. The predicted molar refractivity (Wildman–Crippen MR) is 116 cm³/mol. The number of H-pyrrole nitrogens is 1. The highest BCUT2D eigenvalue weighted by Crippen LogP contribution is 2.22. The van der Waals surface area contributed by atoms with Crippen molar-refractivity contribution in [3.63, 3.8) is 0 Å². The minimum atomic E-state index is -0.506. The molecule has 2 aromatic rings. The third-order valence-corrected chi connectivity index (χ3v) is 6.44. The van der Waals surface area contributed by atoms with Gasteiger partial charge in [-0.15, -0.1) is 0 Å². The molecule has 2 saturated heterocycles. The number of nitrogens with one attached hydrogen (secondary N) is 1. The quantitative estimate of drug-likeness (QED) is 0.635. The lowest BCUT2D eigenvalue weighted by Crippen LogP contribution is -2.49. The molecule has 32 heavy (non-hydrogen) atoms. The van der Waals surface area contributed by atoms with Crippen molar-refractivity contribution >= 4 is 11.8 Å². The maximum atomic E-state index is 12.7. The molecule has 9 heteroatoms. The summed E-state index contributed by atoms with van der Waals surface area (Å²) >= 11 is 0. The number of piperidine rings is 1. The van der Waals surface area contributed by atoms with Crippen LogP contribution < -0.4 is 10.3 Å². The summed E-state index contributed by atoms with van der Waals surface area (Å²) in [5, 5.41) is 2.41. The molecule has 0 aliphatic carbocycles. The second-order valence-corrected chi connectivity index (χ2v) is 8.80. The summed E-state index contributed by atoms with van der Waals surface area (Å²) in [6.07, 6.45) is 4.56. The van der Waals surface area contributed by atoms with Gasteiger partial charge < -0.3 is 9.80 Å². The fourth-order valence-corrected chi connectivity index (χ4v) is 4.62. The van der Waals surface area contributed by atoms with Crippen LogP contribution in [0.1, 0.15) is 31.2 Å². The first kappa shape index (κ1) is 22.3. The molecule has 2 aliphatic rings. The molecule has 1 N–H and O–H groups in total. The number of likely N-dealkylation sites (tertiary alicyclic amines) is 1. The molecule has 2 aliphatic heterocycles. The van der Waals surface area contributed by atoms with E-state index in [0.717, 1.165) is 58.5 Å². The normalized spacial score (nSPS) is 19.8. The van der Waals surface area contributed by atoms with Gasteiger partial charge in [0.1, 0.15) is 0 Å². The Labute approximate surface area is 187 Å². The molecule has 9 nitrogen and oxygen atoms in total. The minimum absolute atomic E-state index is 0.0439. The van der Waals surface area contributed by atoms with Gasteiger partial charge in [0.15, 0.2) is 0 Å². The molecule has 1 atom stereocenters. The van der Waals surface area contributed by atoms with Crippen molar-refractivity contribution in [3.8, 4) is 0 Å². The molecule has 2 fully saturated rings. The topological polar surface area (TPSA) is 93.7 Å². The van der Waals surface area contributed by atoms with Crippen molar-refractivity contribution in [1.82, 2.24) is 20.0 Å². The minimum Gasteiger partial charge on any atom is -0.340 e. The number of amides is 2. The molecule has 2 amide bonds. The highest BCUT2D eigenvalue weighted by Gasteiger charge is 2.28. The average molecular weight is 443 g/mol.